The fourth-order valence-electron chi connectivity index (χ4n) is 2.52. The van der Waals surface area contributed by atoms with E-state index in [1.54, 1.807) is 0 Å². The molecule has 1 aromatic carbocycles. The van der Waals surface area contributed by atoms with Crippen LogP contribution in [0.3, 0.4) is 0 Å². The number of carbonyl (C=O) groups excluding carboxylic acids is 1. The van der Waals surface area contributed by atoms with Gasteiger partial charge in [0.1, 0.15) is 0 Å². The average molecular weight is 257 g/mol. The summed E-state index contributed by atoms with van der Waals surface area (Å²) in [6.07, 6.45) is 7.25. The number of nitrogens with zero attached hydrogens (tertiary/aromatic N) is 1. The third-order valence-electron chi connectivity index (χ3n) is 4.08. The first-order valence-electron chi connectivity index (χ1n) is 7.07. The normalized spacial score (nSPS) is 19.4. The molecule has 1 amide bonds. The van der Waals surface area contributed by atoms with Gasteiger partial charge in [0.05, 0.1) is 6.04 Å². The van der Waals surface area contributed by atoms with Gasteiger partial charge in [0, 0.05) is 13.5 Å². The van der Waals surface area contributed by atoms with Gasteiger partial charge >= 0.3 is 0 Å². The van der Waals surface area contributed by atoms with E-state index in [0.717, 1.165) is 12.8 Å². The Morgan fingerprint density at radius 1 is 1.37 bits per heavy atom. The molecular weight excluding hydrogens is 234 g/mol. The first-order chi connectivity index (χ1) is 9.08. The van der Waals surface area contributed by atoms with E-state index in [0.29, 0.717) is 12.3 Å². The number of rotatable bonds is 4. The third kappa shape index (κ3) is 3.46. The largest absolute Gasteiger partial charge is 0.339 e. The second-order valence-electron chi connectivity index (χ2n) is 5.56. The summed E-state index contributed by atoms with van der Waals surface area (Å²) in [6, 6.07) is 8.56. The van der Waals surface area contributed by atoms with E-state index >= 15 is 0 Å². The Hall–Kier alpha value is -1.57. The molecule has 2 unspecified atom stereocenters. The van der Waals surface area contributed by atoms with Crippen LogP contribution in [-0.2, 0) is 4.79 Å². The van der Waals surface area contributed by atoms with Gasteiger partial charge in [0.2, 0.25) is 5.91 Å². The Labute approximate surface area is 116 Å². The SMILES string of the molecule is Cc1ccc(C(C)N(C)C(=O)CC2C=CCC2)cc1. The Kier molecular flexibility index (Phi) is 4.41. The van der Waals surface area contributed by atoms with Crippen molar-refractivity contribution in [2.45, 2.75) is 39.2 Å². The van der Waals surface area contributed by atoms with Crippen LogP contribution in [0.25, 0.3) is 0 Å². The van der Waals surface area contributed by atoms with Gasteiger partial charge in [-0.25, -0.2) is 0 Å². The lowest BCUT2D eigenvalue weighted by Gasteiger charge is -2.26. The highest BCUT2D eigenvalue weighted by Gasteiger charge is 2.21. The number of amides is 1. The van der Waals surface area contributed by atoms with E-state index in [1.165, 1.54) is 11.1 Å². The maximum absolute atomic E-state index is 12.3. The van der Waals surface area contributed by atoms with Crippen LogP contribution < -0.4 is 0 Å². The summed E-state index contributed by atoms with van der Waals surface area (Å²) >= 11 is 0. The summed E-state index contributed by atoms with van der Waals surface area (Å²) in [5, 5.41) is 0. The van der Waals surface area contributed by atoms with Gasteiger partial charge in [-0.1, -0.05) is 42.0 Å². The van der Waals surface area contributed by atoms with Crippen LogP contribution >= 0.6 is 0 Å². The number of benzene rings is 1. The minimum Gasteiger partial charge on any atom is -0.339 e. The number of hydrogen-bond acceptors (Lipinski definition) is 1. The average Bonchev–Trinajstić information content (AvgIpc) is 2.90. The molecule has 0 N–H and O–H groups in total. The molecule has 102 valence electrons. The van der Waals surface area contributed by atoms with Crippen molar-refractivity contribution in [3.63, 3.8) is 0 Å². The third-order valence-corrected chi connectivity index (χ3v) is 4.08. The molecule has 0 spiro atoms. The summed E-state index contributed by atoms with van der Waals surface area (Å²) in [5.41, 5.74) is 2.45. The molecule has 0 fully saturated rings. The molecule has 2 rings (SSSR count). The second-order valence-corrected chi connectivity index (χ2v) is 5.56. The van der Waals surface area contributed by atoms with Crippen molar-refractivity contribution in [2.24, 2.45) is 5.92 Å². The molecule has 0 bridgehead atoms. The lowest BCUT2D eigenvalue weighted by molar-refractivity contribution is -0.132. The van der Waals surface area contributed by atoms with Gasteiger partial charge in [0.25, 0.3) is 0 Å². The van der Waals surface area contributed by atoms with E-state index in [4.69, 9.17) is 0 Å². The van der Waals surface area contributed by atoms with Crippen LogP contribution in [0.5, 0.6) is 0 Å². The van der Waals surface area contributed by atoms with Crippen LogP contribution in [0.4, 0.5) is 0 Å². The fourth-order valence-corrected chi connectivity index (χ4v) is 2.52. The first-order valence-corrected chi connectivity index (χ1v) is 7.07. The Morgan fingerprint density at radius 2 is 2.05 bits per heavy atom. The van der Waals surface area contributed by atoms with Crippen LogP contribution in [0, 0.1) is 12.8 Å². The summed E-state index contributed by atoms with van der Waals surface area (Å²) in [4.78, 5) is 14.1. The molecule has 2 heteroatoms. The fraction of sp³-hybridized carbons (Fsp3) is 0.471. The van der Waals surface area contributed by atoms with Gasteiger partial charge < -0.3 is 4.90 Å². The van der Waals surface area contributed by atoms with Crippen molar-refractivity contribution in [3.8, 4) is 0 Å². The summed E-state index contributed by atoms with van der Waals surface area (Å²) in [5.74, 6) is 0.685. The van der Waals surface area contributed by atoms with Crippen LogP contribution in [0.1, 0.15) is 43.4 Å². The molecule has 2 atom stereocenters. The minimum atomic E-state index is 0.137. The minimum absolute atomic E-state index is 0.137. The van der Waals surface area contributed by atoms with Gasteiger partial charge in [0.15, 0.2) is 0 Å². The smallest absolute Gasteiger partial charge is 0.223 e. The van der Waals surface area contributed by atoms with E-state index in [1.807, 2.05) is 11.9 Å². The molecule has 0 saturated heterocycles. The molecule has 2 nitrogen and oxygen atoms in total. The molecule has 0 saturated carbocycles. The van der Waals surface area contributed by atoms with Crippen LogP contribution in [0.15, 0.2) is 36.4 Å². The molecule has 0 heterocycles. The highest BCUT2D eigenvalue weighted by Crippen LogP contribution is 2.24. The highest BCUT2D eigenvalue weighted by molar-refractivity contribution is 5.77. The molecule has 0 aromatic heterocycles. The predicted octanol–water partition coefficient (Wildman–Crippen LogP) is 3.87. The zero-order valence-corrected chi connectivity index (χ0v) is 12.1. The molecular formula is C17H23NO. The quantitative estimate of drug-likeness (QED) is 0.750. The monoisotopic (exact) mass is 257 g/mol. The van der Waals surface area contributed by atoms with Crippen molar-refractivity contribution in [1.82, 2.24) is 4.90 Å². The summed E-state index contributed by atoms with van der Waals surface area (Å²) in [7, 11) is 1.91. The maximum Gasteiger partial charge on any atom is 0.223 e. The molecule has 0 radical (unpaired) electrons. The van der Waals surface area contributed by atoms with E-state index < -0.39 is 0 Å². The number of allylic oxidation sites excluding steroid dienone is 2. The lowest BCUT2D eigenvalue weighted by atomic mass is 10.0. The number of hydrogen-bond donors (Lipinski definition) is 0. The van der Waals surface area contributed by atoms with Crippen molar-refractivity contribution in [3.05, 3.63) is 47.5 Å². The first kappa shape index (κ1) is 13.9. The van der Waals surface area contributed by atoms with Gasteiger partial charge in [-0.2, -0.15) is 0 Å². The van der Waals surface area contributed by atoms with Crippen molar-refractivity contribution >= 4 is 5.91 Å². The molecule has 19 heavy (non-hydrogen) atoms. The Morgan fingerprint density at radius 3 is 2.63 bits per heavy atom. The number of aryl methyl sites for hydroxylation is 1. The lowest BCUT2D eigenvalue weighted by Crippen LogP contribution is -2.30. The maximum atomic E-state index is 12.3. The zero-order valence-electron chi connectivity index (χ0n) is 12.1. The summed E-state index contributed by atoms with van der Waals surface area (Å²) in [6.45, 7) is 4.17. The summed E-state index contributed by atoms with van der Waals surface area (Å²) < 4.78 is 0. The predicted molar refractivity (Wildman–Crippen MR) is 78.8 cm³/mol. The topological polar surface area (TPSA) is 20.3 Å². The van der Waals surface area contributed by atoms with Crippen molar-refractivity contribution < 1.29 is 4.79 Å². The number of carbonyl (C=O) groups is 1. The van der Waals surface area contributed by atoms with Crippen molar-refractivity contribution in [1.29, 1.82) is 0 Å². The zero-order chi connectivity index (χ0) is 13.8. The van der Waals surface area contributed by atoms with E-state index in [-0.39, 0.29) is 11.9 Å². The second kappa shape index (κ2) is 6.05. The molecule has 1 aromatic rings. The van der Waals surface area contributed by atoms with E-state index in [2.05, 4.69) is 50.3 Å². The Balaban J connectivity index is 1.97. The van der Waals surface area contributed by atoms with Gasteiger partial charge in [-0.3, -0.25) is 4.79 Å². The molecule has 1 aliphatic rings. The van der Waals surface area contributed by atoms with Crippen molar-refractivity contribution in [2.75, 3.05) is 7.05 Å². The Bertz CT molecular complexity index is 461. The molecule has 0 aliphatic heterocycles. The highest BCUT2D eigenvalue weighted by atomic mass is 16.2. The van der Waals surface area contributed by atoms with Gasteiger partial charge in [-0.15, -0.1) is 0 Å². The van der Waals surface area contributed by atoms with Crippen LogP contribution in [-0.4, -0.2) is 17.9 Å². The van der Waals surface area contributed by atoms with Gasteiger partial charge in [-0.05, 0) is 38.2 Å². The molecule has 1 aliphatic carbocycles. The standard InChI is InChI=1S/C17H23NO/c1-13-8-10-16(11-9-13)14(2)18(3)17(19)12-15-6-4-5-7-15/h4,6,8-11,14-15H,5,7,12H2,1-3H3. The van der Waals surface area contributed by atoms with Crippen LogP contribution in [0.2, 0.25) is 0 Å². The van der Waals surface area contributed by atoms with E-state index in [9.17, 15) is 4.79 Å².